The smallest absolute Gasteiger partial charge is 0.330 e. The summed E-state index contributed by atoms with van der Waals surface area (Å²) in [7, 11) is 0. The predicted octanol–water partition coefficient (Wildman–Crippen LogP) is 3.92. The molecular formula is C18H18ClF3N3O3+. The van der Waals surface area contributed by atoms with E-state index in [-0.39, 0.29) is 6.04 Å². The SMILES string of the molecule is C[C@@H]([NH2+][C@H](C)c1ccc(Cl)cc1)C(=O)Nc1ccc([N+](=O)[O-])cc1C(F)(F)F. The van der Waals surface area contributed by atoms with Gasteiger partial charge in [-0.05, 0) is 32.0 Å². The second-order valence-corrected chi connectivity index (χ2v) is 6.73. The van der Waals surface area contributed by atoms with Crippen LogP contribution in [0.3, 0.4) is 0 Å². The molecule has 0 aromatic heterocycles. The fraction of sp³-hybridized carbons (Fsp3) is 0.278. The molecule has 0 bridgehead atoms. The summed E-state index contributed by atoms with van der Waals surface area (Å²) in [6, 6.07) is 8.36. The van der Waals surface area contributed by atoms with Gasteiger partial charge in [-0.2, -0.15) is 13.2 Å². The summed E-state index contributed by atoms with van der Waals surface area (Å²) < 4.78 is 39.6. The average Bonchev–Trinajstić information content (AvgIpc) is 2.61. The molecule has 0 saturated carbocycles. The first kappa shape index (κ1) is 21.6. The van der Waals surface area contributed by atoms with E-state index in [9.17, 15) is 28.1 Å². The molecule has 0 aliphatic rings. The molecule has 0 fully saturated rings. The highest BCUT2D eigenvalue weighted by Crippen LogP contribution is 2.37. The van der Waals surface area contributed by atoms with Crippen LogP contribution in [0.25, 0.3) is 0 Å². The van der Waals surface area contributed by atoms with Crippen molar-refractivity contribution in [2.75, 3.05) is 5.32 Å². The van der Waals surface area contributed by atoms with Crippen LogP contribution < -0.4 is 10.6 Å². The number of benzene rings is 2. The van der Waals surface area contributed by atoms with Gasteiger partial charge in [-0.25, -0.2) is 0 Å². The quantitative estimate of drug-likeness (QED) is 0.552. The number of non-ortho nitro benzene ring substituents is 1. The normalized spacial score (nSPS) is 13.6. The molecule has 0 aliphatic heterocycles. The van der Waals surface area contributed by atoms with E-state index in [0.29, 0.717) is 11.1 Å². The van der Waals surface area contributed by atoms with Crippen LogP contribution in [0.15, 0.2) is 42.5 Å². The zero-order valence-electron chi connectivity index (χ0n) is 15.0. The van der Waals surface area contributed by atoms with Gasteiger partial charge in [0.2, 0.25) is 0 Å². The van der Waals surface area contributed by atoms with Gasteiger partial charge in [-0.1, -0.05) is 23.7 Å². The van der Waals surface area contributed by atoms with Crippen molar-refractivity contribution in [3.8, 4) is 0 Å². The third kappa shape index (κ3) is 5.43. The second-order valence-electron chi connectivity index (χ2n) is 6.30. The Hall–Kier alpha value is -2.65. The van der Waals surface area contributed by atoms with Crippen LogP contribution in [-0.4, -0.2) is 16.9 Å². The standard InChI is InChI=1S/C18H17ClF3N3O3/c1-10(12-3-5-13(19)6-4-12)23-11(2)17(26)24-16-8-7-14(25(27)28)9-15(16)18(20,21)22/h3-11,23H,1-2H3,(H,24,26)/p+1/t10-,11-/m1/s1. The average molecular weight is 417 g/mol. The van der Waals surface area contributed by atoms with Crippen LogP contribution in [0.1, 0.15) is 31.0 Å². The second kappa shape index (κ2) is 8.57. The van der Waals surface area contributed by atoms with Gasteiger partial charge in [0.25, 0.3) is 11.6 Å². The van der Waals surface area contributed by atoms with Crippen LogP contribution in [0.5, 0.6) is 0 Å². The van der Waals surface area contributed by atoms with Gasteiger partial charge in [-0.3, -0.25) is 14.9 Å². The summed E-state index contributed by atoms with van der Waals surface area (Å²) >= 11 is 5.84. The number of amides is 1. The first-order chi connectivity index (χ1) is 13.0. The molecule has 2 aromatic carbocycles. The number of nitrogens with one attached hydrogen (secondary N) is 1. The van der Waals surface area contributed by atoms with Gasteiger partial charge in [0.05, 0.1) is 16.2 Å². The Bertz CT molecular complexity index is 873. The molecule has 0 spiro atoms. The molecule has 3 N–H and O–H groups in total. The molecule has 0 saturated heterocycles. The number of nitro benzene ring substituents is 1. The molecule has 1 amide bonds. The summed E-state index contributed by atoms with van der Waals surface area (Å²) in [5.74, 6) is -0.653. The number of alkyl halides is 3. The molecule has 2 rings (SSSR count). The molecule has 150 valence electrons. The largest absolute Gasteiger partial charge is 0.418 e. The number of carbonyl (C=O) groups is 1. The van der Waals surface area contributed by atoms with Crippen molar-refractivity contribution in [1.29, 1.82) is 0 Å². The third-order valence-electron chi connectivity index (χ3n) is 4.16. The molecule has 0 unspecified atom stereocenters. The van der Waals surface area contributed by atoms with Gasteiger partial charge in [0.1, 0.15) is 6.04 Å². The van der Waals surface area contributed by atoms with Crippen molar-refractivity contribution >= 4 is 28.9 Å². The number of hydrogen-bond donors (Lipinski definition) is 2. The minimum atomic E-state index is -4.85. The minimum Gasteiger partial charge on any atom is -0.330 e. The lowest BCUT2D eigenvalue weighted by Crippen LogP contribution is -2.91. The summed E-state index contributed by atoms with van der Waals surface area (Å²) in [5.41, 5.74) is -1.60. The highest BCUT2D eigenvalue weighted by atomic mass is 35.5. The van der Waals surface area contributed by atoms with Crippen molar-refractivity contribution in [2.24, 2.45) is 0 Å². The van der Waals surface area contributed by atoms with Crippen molar-refractivity contribution in [3.05, 3.63) is 68.7 Å². The molecular weight excluding hydrogens is 399 g/mol. The van der Waals surface area contributed by atoms with E-state index in [1.54, 1.807) is 36.5 Å². The molecule has 0 heterocycles. The number of nitro groups is 1. The van der Waals surface area contributed by atoms with Crippen molar-refractivity contribution in [1.82, 2.24) is 0 Å². The van der Waals surface area contributed by atoms with Gasteiger partial charge in [-0.15, -0.1) is 0 Å². The highest BCUT2D eigenvalue weighted by molar-refractivity contribution is 6.30. The van der Waals surface area contributed by atoms with E-state index in [4.69, 9.17) is 11.6 Å². The lowest BCUT2D eigenvalue weighted by Gasteiger charge is -2.18. The minimum absolute atomic E-state index is 0.142. The number of hydrogen-bond acceptors (Lipinski definition) is 3. The number of halogens is 4. The Labute approximate surface area is 163 Å². The van der Waals surface area contributed by atoms with Crippen molar-refractivity contribution in [3.63, 3.8) is 0 Å². The van der Waals surface area contributed by atoms with Gasteiger partial charge in [0, 0.05) is 22.7 Å². The Kier molecular flexibility index (Phi) is 6.63. The van der Waals surface area contributed by atoms with E-state index < -0.39 is 40.0 Å². The maximum Gasteiger partial charge on any atom is 0.418 e. The fourth-order valence-electron chi connectivity index (χ4n) is 2.63. The molecule has 2 atom stereocenters. The third-order valence-corrected chi connectivity index (χ3v) is 4.42. The summed E-state index contributed by atoms with van der Waals surface area (Å²) in [6.07, 6.45) is -4.85. The van der Waals surface area contributed by atoms with Crippen LogP contribution in [0.4, 0.5) is 24.5 Å². The zero-order chi connectivity index (χ0) is 21.1. The molecule has 0 radical (unpaired) electrons. The number of nitrogens with zero attached hydrogens (tertiary/aromatic N) is 1. The van der Waals surface area contributed by atoms with E-state index in [1.807, 2.05) is 6.92 Å². The van der Waals surface area contributed by atoms with Crippen molar-refractivity contribution < 1.29 is 28.2 Å². The molecule has 10 heteroatoms. The van der Waals surface area contributed by atoms with Gasteiger partial charge >= 0.3 is 6.18 Å². The number of carbonyl (C=O) groups excluding carboxylic acids is 1. The number of anilines is 1. The number of nitrogens with two attached hydrogens (primary N) is 1. The van der Waals surface area contributed by atoms with Crippen LogP contribution >= 0.6 is 11.6 Å². The highest BCUT2D eigenvalue weighted by Gasteiger charge is 2.36. The van der Waals surface area contributed by atoms with Gasteiger partial charge in [0.15, 0.2) is 6.04 Å². The summed E-state index contributed by atoms with van der Waals surface area (Å²) in [5, 5.41) is 15.2. The van der Waals surface area contributed by atoms with Crippen molar-refractivity contribution in [2.45, 2.75) is 32.1 Å². The maximum atomic E-state index is 13.2. The monoisotopic (exact) mass is 416 g/mol. The topological polar surface area (TPSA) is 88.8 Å². The maximum absolute atomic E-state index is 13.2. The Morgan fingerprint density at radius 3 is 2.32 bits per heavy atom. The predicted molar refractivity (Wildman–Crippen MR) is 98.0 cm³/mol. The van der Waals surface area contributed by atoms with Gasteiger partial charge < -0.3 is 10.6 Å². The lowest BCUT2D eigenvalue weighted by molar-refractivity contribution is -0.709. The summed E-state index contributed by atoms with van der Waals surface area (Å²) in [6.45, 7) is 3.40. The Morgan fingerprint density at radius 1 is 1.18 bits per heavy atom. The fourth-order valence-corrected chi connectivity index (χ4v) is 2.76. The van der Waals surface area contributed by atoms with Crippen LogP contribution in [0, 0.1) is 10.1 Å². The molecule has 28 heavy (non-hydrogen) atoms. The van der Waals surface area contributed by atoms with Crippen LogP contribution in [-0.2, 0) is 11.0 Å². The van der Waals surface area contributed by atoms with E-state index in [0.717, 1.165) is 17.7 Å². The Morgan fingerprint density at radius 2 is 1.79 bits per heavy atom. The van der Waals surface area contributed by atoms with Crippen LogP contribution in [0.2, 0.25) is 5.02 Å². The van der Waals surface area contributed by atoms with E-state index in [1.165, 1.54) is 0 Å². The molecule has 2 aromatic rings. The van der Waals surface area contributed by atoms with E-state index >= 15 is 0 Å². The molecule has 0 aliphatic carbocycles. The lowest BCUT2D eigenvalue weighted by atomic mass is 10.1. The zero-order valence-corrected chi connectivity index (χ0v) is 15.7. The summed E-state index contributed by atoms with van der Waals surface area (Å²) in [4.78, 5) is 22.2. The number of rotatable bonds is 6. The molecule has 6 nitrogen and oxygen atoms in total. The number of quaternary nitrogens is 1. The van der Waals surface area contributed by atoms with E-state index in [2.05, 4.69) is 5.32 Å². The first-order valence-electron chi connectivity index (χ1n) is 8.26. The Balaban J connectivity index is 2.15. The first-order valence-corrected chi connectivity index (χ1v) is 8.63.